The van der Waals surface area contributed by atoms with Gasteiger partial charge < -0.3 is 19.5 Å². The number of unbranched alkanes of at least 4 members (excludes halogenated alkanes) is 16. The van der Waals surface area contributed by atoms with E-state index in [0.29, 0.717) is 6.61 Å². The van der Waals surface area contributed by atoms with Crippen molar-refractivity contribution in [2.75, 3.05) is 40.0 Å². The molecule has 0 saturated heterocycles. The summed E-state index contributed by atoms with van der Waals surface area (Å²) >= 11 is 0. The van der Waals surface area contributed by atoms with Crippen LogP contribution in [0.4, 0.5) is 0 Å². The number of aliphatic hydroxyl groups excluding tert-OH is 1. The first-order chi connectivity index (χ1) is 19.9. The number of rotatable bonds is 32. The first-order valence-corrected chi connectivity index (χ1v) is 17.5. The molecule has 0 heterocycles. The Labute approximate surface area is 257 Å². The van der Waals surface area contributed by atoms with Crippen molar-refractivity contribution in [2.45, 2.75) is 162 Å². The van der Waals surface area contributed by atoms with Crippen LogP contribution < -0.4 is 0 Å². The molecule has 4 heteroatoms. The third-order valence-corrected chi connectivity index (χ3v) is 7.83. The van der Waals surface area contributed by atoms with Gasteiger partial charge in [0.2, 0.25) is 0 Å². The van der Waals surface area contributed by atoms with Crippen LogP contribution in [0, 0.1) is 5.41 Å². The Morgan fingerprint density at radius 1 is 0.707 bits per heavy atom. The molecule has 4 nitrogen and oxygen atoms in total. The lowest BCUT2D eigenvalue weighted by molar-refractivity contribution is -0.156. The van der Waals surface area contributed by atoms with E-state index in [-0.39, 0.29) is 11.7 Å². The number of aliphatic hydroxyl groups is 1. The van der Waals surface area contributed by atoms with Crippen LogP contribution in [0.2, 0.25) is 0 Å². The SMILES string of the molecule is C=C=CC(C)(C)CC(OCCCCCCCC/C=C\CCCCCCCC)OCCCCCCN(C)CCCCO. The van der Waals surface area contributed by atoms with E-state index in [9.17, 15) is 0 Å². The summed E-state index contributed by atoms with van der Waals surface area (Å²) in [5.41, 5.74) is 2.92. The number of hydrogen-bond donors (Lipinski definition) is 1. The largest absolute Gasteiger partial charge is 0.396 e. The van der Waals surface area contributed by atoms with Gasteiger partial charge in [-0.25, -0.2) is 0 Å². The first-order valence-electron chi connectivity index (χ1n) is 17.5. The average Bonchev–Trinajstić information content (AvgIpc) is 2.94. The van der Waals surface area contributed by atoms with E-state index >= 15 is 0 Å². The van der Waals surface area contributed by atoms with Gasteiger partial charge >= 0.3 is 0 Å². The summed E-state index contributed by atoms with van der Waals surface area (Å²) in [7, 11) is 2.18. The fraction of sp³-hybridized carbons (Fsp3) is 0.865. The van der Waals surface area contributed by atoms with Gasteiger partial charge in [-0.15, -0.1) is 5.73 Å². The zero-order valence-corrected chi connectivity index (χ0v) is 28.1. The maximum atomic E-state index is 8.91. The lowest BCUT2D eigenvalue weighted by Crippen LogP contribution is -2.25. The van der Waals surface area contributed by atoms with Crippen LogP contribution in [-0.4, -0.2) is 56.3 Å². The van der Waals surface area contributed by atoms with E-state index < -0.39 is 0 Å². The minimum atomic E-state index is -0.157. The van der Waals surface area contributed by atoms with Gasteiger partial charge in [0.05, 0.1) is 0 Å². The van der Waals surface area contributed by atoms with E-state index in [2.05, 4.69) is 57.2 Å². The molecule has 0 aliphatic carbocycles. The summed E-state index contributed by atoms with van der Waals surface area (Å²) in [5, 5.41) is 8.91. The van der Waals surface area contributed by atoms with Crippen molar-refractivity contribution in [1.82, 2.24) is 4.90 Å². The van der Waals surface area contributed by atoms with E-state index in [1.807, 2.05) is 6.08 Å². The number of ether oxygens (including phenoxy) is 2. The van der Waals surface area contributed by atoms with Crippen molar-refractivity contribution in [3.63, 3.8) is 0 Å². The average molecular weight is 578 g/mol. The molecule has 0 aromatic heterocycles. The highest BCUT2D eigenvalue weighted by Gasteiger charge is 2.22. The highest BCUT2D eigenvalue weighted by atomic mass is 16.7. The van der Waals surface area contributed by atoms with Gasteiger partial charge in [-0.2, -0.15) is 0 Å². The monoisotopic (exact) mass is 578 g/mol. The summed E-state index contributed by atoms with van der Waals surface area (Å²) in [6.07, 6.45) is 32.8. The smallest absolute Gasteiger partial charge is 0.158 e. The van der Waals surface area contributed by atoms with Crippen LogP contribution >= 0.6 is 0 Å². The molecule has 0 spiro atoms. The maximum absolute atomic E-state index is 8.91. The Morgan fingerprint density at radius 2 is 1.17 bits per heavy atom. The molecule has 0 rings (SSSR count). The third kappa shape index (κ3) is 30.4. The van der Waals surface area contributed by atoms with Crippen molar-refractivity contribution in [2.24, 2.45) is 5.41 Å². The fourth-order valence-electron chi connectivity index (χ4n) is 5.15. The van der Waals surface area contributed by atoms with E-state index in [1.54, 1.807) is 0 Å². The van der Waals surface area contributed by atoms with Crippen molar-refractivity contribution in [3.8, 4) is 0 Å². The molecule has 0 aliphatic rings. The van der Waals surface area contributed by atoms with Crippen LogP contribution in [-0.2, 0) is 9.47 Å². The molecule has 1 unspecified atom stereocenters. The second-order valence-electron chi connectivity index (χ2n) is 12.8. The predicted molar refractivity (Wildman–Crippen MR) is 180 cm³/mol. The van der Waals surface area contributed by atoms with E-state index in [0.717, 1.165) is 58.4 Å². The predicted octanol–water partition coefficient (Wildman–Crippen LogP) is 10.4. The molecular formula is C37H71NO3. The van der Waals surface area contributed by atoms with Gasteiger partial charge in [0.1, 0.15) is 0 Å². The van der Waals surface area contributed by atoms with Gasteiger partial charge in [-0.1, -0.05) is 110 Å². The summed E-state index contributed by atoms with van der Waals surface area (Å²) in [6.45, 7) is 14.5. The zero-order chi connectivity index (χ0) is 30.3. The van der Waals surface area contributed by atoms with Gasteiger partial charge in [0, 0.05) is 26.2 Å². The summed E-state index contributed by atoms with van der Waals surface area (Å²) in [6, 6.07) is 0. The standard InChI is InChI=1S/C37H71NO3/c1-6-8-9-10-11-12-13-14-15-16-17-18-19-20-22-27-33-40-36(35-37(3,4)29-7-2)41-34-28-23-21-24-30-38(5)31-25-26-32-39/h14-15,29,36,39H,2,6,8-13,16-28,30-35H2,1,3-5H3/b15-14-. The van der Waals surface area contributed by atoms with Gasteiger partial charge in [-0.3, -0.25) is 0 Å². The molecule has 0 amide bonds. The molecule has 1 N–H and O–H groups in total. The Morgan fingerprint density at radius 3 is 1.68 bits per heavy atom. The topological polar surface area (TPSA) is 41.9 Å². The minimum absolute atomic E-state index is 0.0316. The van der Waals surface area contributed by atoms with Crippen LogP contribution in [0.5, 0.6) is 0 Å². The van der Waals surface area contributed by atoms with Gasteiger partial charge in [0.25, 0.3) is 0 Å². The Kier molecular flexibility index (Phi) is 29.9. The molecule has 0 saturated carbocycles. The van der Waals surface area contributed by atoms with Crippen LogP contribution in [0.1, 0.15) is 156 Å². The maximum Gasteiger partial charge on any atom is 0.158 e. The van der Waals surface area contributed by atoms with E-state index in [1.165, 1.54) is 103 Å². The number of hydrogen-bond acceptors (Lipinski definition) is 4. The zero-order valence-electron chi connectivity index (χ0n) is 28.1. The molecule has 0 aromatic rings. The van der Waals surface area contributed by atoms with Crippen LogP contribution in [0.15, 0.2) is 30.5 Å². The van der Waals surface area contributed by atoms with Crippen molar-refractivity contribution in [3.05, 3.63) is 30.5 Å². The lowest BCUT2D eigenvalue weighted by atomic mass is 9.89. The molecular weight excluding hydrogens is 506 g/mol. The van der Waals surface area contributed by atoms with Crippen molar-refractivity contribution >= 4 is 0 Å². The summed E-state index contributed by atoms with van der Waals surface area (Å²) < 4.78 is 12.4. The number of nitrogens with zero attached hydrogens (tertiary/aromatic N) is 1. The third-order valence-electron chi connectivity index (χ3n) is 7.83. The number of allylic oxidation sites excluding steroid dienone is 3. The highest BCUT2D eigenvalue weighted by molar-refractivity contribution is 4.92. The minimum Gasteiger partial charge on any atom is -0.396 e. The Hall–Kier alpha value is -0.900. The molecule has 0 aromatic carbocycles. The second-order valence-corrected chi connectivity index (χ2v) is 12.8. The molecule has 41 heavy (non-hydrogen) atoms. The van der Waals surface area contributed by atoms with E-state index in [4.69, 9.17) is 14.6 Å². The van der Waals surface area contributed by atoms with Crippen LogP contribution in [0.25, 0.3) is 0 Å². The molecule has 242 valence electrons. The highest BCUT2D eigenvalue weighted by Crippen LogP contribution is 2.26. The molecule has 0 radical (unpaired) electrons. The molecule has 1 atom stereocenters. The first kappa shape index (κ1) is 40.1. The fourth-order valence-corrected chi connectivity index (χ4v) is 5.15. The van der Waals surface area contributed by atoms with Gasteiger partial charge in [0.15, 0.2) is 6.29 Å². The quantitative estimate of drug-likeness (QED) is 0.0374. The molecule has 0 aliphatic heterocycles. The van der Waals surface area contributed by atoms with Crippen LogP contribution in [0.3, 0.4) is 0 Å². The van der Waals surface area contributed by atoms with Gasteiger partial charge in [-0.05, 0) is 89.4 Å². The summed E-state index contributed by atoms with van der Waals surface area (Å²) in [5.74, 6) is 0. The lowest BCUT2D eigenvalue weighted by Gasteiger charge is -2.27. The van der Waals surface area contributed by atoms with Crippen molar-refractivity contribution < 1.29 is 14.6 Å². The Balaban J connectivity index is 3.91. The normalized spacial score (nSPS) is 12.8. The summed E-state index contributed by atoms with van der Waals surface area (Å²) in [4.78, 5) is 2.38. The molecule has 0 fully saturated rings. The molecule has 0 bridgehead atoms. The Bertz CT molecular complexity index is 611. The van der Waals surface area contributed by atoms with Crippen molar-refractivity contribution in [1.29, 1.82) is 0 Å². The second kappa shape index (κ2) is 30.6.